The summed E-state index contributed by atoms with van der Waals surface area (Å²) in [6.07, 6.45) is -3.06. The monoisotopic (exact) mass is 276 g/mol. The molecule has 106 valence electrons. The van der Waals surface area contributed by atoms with Crippen LogP contribution in [-0.4, -0.2) is 40.8 Å². The van der Waals surface area contributed by atoms with E-state index in [9.17, 15) is 13.2 Å². The van der Waals surface area contributed by atoms with Gasteiger partial charge in [0.1, 0.15) is 0 Å². The average Bonchev–Trinajstić information content (AvgIpc) is 2.79. The minimum absolute atomic E-state index is 0.00593. The van der Waals surface area contributed by atoms with Crippen LogP contribution in [-0.2, 0) is 0 Å². The molecule has 6 nitrogen and oxygen atoms in total. The van der Waals surface area contributed by atoms with E-state index in [-0.39, 0.29) is 18.4 Å². The van der Waals surface area contributed by atoms with Gasteiger partial charge in [-0.2, -0.15) is 28.1 Å². The summed E-state index contributed by atoms with van der Waals surface area (Å²) < 4.78 is 36.1. The minimum atomic E-state index is -4.21. The van der Waals surface area contributed by atoms with E-state index in [2.05, 4.69) is 20.3 Å². The lowest BCUT2D eigenvalue weighted by molar-refractivity contribution is -0.131. The van der Waals surface area contributed by atoms with Crippen LogP contribution >= 0.6 is 0 Å². The largest absolute Gasteiger partial charge is 0.390 e. The first kappa shape index (κ1) is 13.6. The zero-order valence-electron chi connectivity index (χ0n) is 10.2. The van der Waals surface area contributed by atoms with Crippen molar-refractivity contribution in [1.29, 1.82) is 0 Å². The summed E-state index contributed by atoms with van der Waals surface area (Å²) in [5, 5.41) is 2.52. The van der Waals surface area contributed by atoms with Crippen molar-refractivity contribution in [2.45, 2.75) is 25.4 Å². The van der Waals surface area contributed by atoms with Gasteiger partial charge in [-0.15, -0.1) is 0 Å². The molecule has 0 aromatic carbocycles. The number of nitrogen functional groups attached to an aromatic ring is 1. The van der Waals surface area contributed by atoms with Gasteiger partial charge in [0.05, 0.1) is 6.42 Å². The molecule has 0 spiro atoms. The van der Waals surface area contributed by atoms with Crippen LogP contribution in [0.5, 0.6) is 0 Å². The van der Waals surface area contributed by atoms with E-state index < -0.39 is 12.6 Å². The number of nitrogens with zero attached hydrogens (tertiary/aromatic N) is 4. The van der Waals surface area contributed by atoms with Crippen molar-refractivity contribution >= 4 is 17.8 Å². The van der Waals surface area contributed by atoms with Crippen molar-refractivity contribution in [3.63, 3.8) is 0 Å². The SMILES string of the molecule is Nc1nc(NCCC(F)(F)F)nc(N2CCCC2)n1. The van der Waals surface area contributed by atoms with Crippen LogP contribution < -0.4 is 16.0 Å². The van der Waals surface area contributed by atoms with E-state index in [1.54, 1.807) is 0 Å². The van der Waals surface area contributed by atoms with Gasteiger partial charge >= 0.3 is 6.18 Å². The van der Waals surface area contributed by atoms with Crippen molar-refractivity contribution in [3.8, 4) is 0 Å². The Hall–Kier alpha value is -1.80. The first-order valence-corrected chi connectivity index (χ1v) is 6.01. The Morgan fingerprint density at radius 1 is 1.16 bits per heavy atom. The van der Waals surface area contributed by atoms with E-state index in [1.807, 2.05) is 4.90 Å². The maximum Gasteiger partial charge on any atom is 0.390 e. The van der Waals surface area contributed by atoms with Gasteiger partial charge in [0.25, 0.3) is 0 Å². The molecule has 1 aliphatic heterocycles. The summed E-state index contributed by atoms with van der Waals surface area (Å²) in [7, 11) is 0. The van der Waals surface area contributed by atoms with Gasteiger partial charge < -0.3 is 16.0 Å². The number of nitrogens with one attached hydrogen (secondary N) is 1. The number of anilines is 3. The van der Waals surface area contributed by atoms with Gasteiger partial charge in [0.15, 0.2) is 0 Å². The van der Waals surface area contributed by atoms with Crippen LogP contribution in [0.25, 0.3) is 0 Å². The summed E-state index contributed by atoms with van der Waals surface area (Å²) >= 11 is 0. The number of alkyl halides is 3. The van der Waals surface area contributed by atoms with E-state index in [1.165, 1.54) is 0 Å². The first-order valence-electron chi connectivity index (χ1n) is 6.01. The van der Waals surface area contributed by atoms with E-state index in [0.717, 1.165) is 25.9 Å². The molecule has 2 heterocycles. The fourth-order valence-corrected chi connectivity index (χ4v) is 1.83. The molecule has 1 saturated heterocycles. The highest BCUT2D eigenvalue weighted by atomic mass is 19.4. The third kappa shape index (κ3) is 4.11. The quantitative estimate of drug-likeness (QED) is 0.865. The molecule has 1 aliphatic rings. The second kappa shape index (κ2) is 5.45. The number of aromatic nitrogens is 3. The number of nitrogens with two attached hydrogens (primary N) is 1. The van der Waals surface area contributed by atoms with Gasteiger partial charge in [-0.3, -0.25) is 0 Å². The van der Waals surface area contributed by atoms with Crippen LogP contribution in [0.15, 0.2) is 0 Å². The molecule has 0 saturated carbocycles. The molecule has 0 aliphatic carbocycles. The van der Waals surface area contributed by atoms with Crippen LogP contribution in [0.4, 0.5) is 31.0 Å². The molecule has 2 rings (SSSR count). The van der Waals surface area contributed by atoms with Crippen LogP contribution in [0.3, 0.4) is 0 Å². The van der Waals surface area contributed by atoms with Crippen molar-refractivity contribution in [3.05, 3.63) is 0 Å². The zero-order chi connectivity index (χ0) is 13.9. The lowest BCUT2D eigenvalue weighted by Crippen LogP contribution is -2.23. The van der Waals surface area contributed by atoms with Crippen molar-refractivity contribution in [1.82, 2.24) is 15.0 Å². The van der Waals surface area contributed by atoms with Crippen LogP contribution in [0, 0.1) is 0 Å². The Labute approximate surface area is 108 Å². The molecular formula is C10H15F3N6. The number of hydrogen-bond acceptors (Lipinski definition) is 6. The van der Waals surface area contributed by atoms with E-state index in [0.29, 0.717) is 5.95 Å². The van der Waals surface area contributed by atoms with Gasteiger partial charge in [0, 0.05) is 19.6 Å². The third-order valence-electron chi connectivity index (χ3n) is 2.72. The predicted octanol–water partition coefficient (Wildman–Crippen LogP) is 1.42. The minimum Gasteiger partial charge on any atom is -0.368 e. The highest BCUT2D eigenvalue weighted by Crippen LogP contribution is 2.20. The molecule has 0 radical (unpaired) electrons. The molecule has 0 amide bonds. The van der Waals surface area contributed by atoms with Crippen molar-refractivity contribution < 1.29 is 13.2 Å². The summed E-state index contributed by atoms with van der Waals surface area (Å²) in [6.45, 7) is 1.36. The lowest BCUT2D eigenvalue weighted by atomic mass is 10.4. The molecule has 19 heavy (non-hydrogen) atoms. The molecule has 0 bridgehead atoms. The average molecular weight is 276 g/mol. The smallest absolute Gasteiger partial charge is 0.368 e. The molecular weight excluding hydrogens is 261 g/mol. The van der Waals surface area contributed by atoms with Crippen molar-refractivity contribution in [2.75, 3.05) is 35.6 Å². The number of halogens is 3. The molecule has 0 unspecified atom stereocenters. The maximum absolute atomic E-state index is 12.0. The van der Waals surface area contributed by atoms with Gasteiger partial charge in [-0.25, -0.2) is 0 Å². The Bertz CT molecular complexity index is 430. The van der Waals surface area contributed by atoms with Gasteiger partial charge in [0.2, 0.25) is 17.8 Å². The zero-order valence-corrected chi connectivity index (χ0v) is 10.2. The molecule has 0 atom stereocenters. The van der Waals surface area contributed by atoms with E-state index in [4.69, 9.17) is 5.73 Å². The Morgan fingerprint density at radius 3 is 2.47 bits per heavy atom. The van der Waals surface area contributed by atoms with Crippen molar-refractivity contribution in [2.24, 2.45) is 0 Å². The number of hydrogen-bond donors (Lipinski definition) is 2. The van der Waals surface area contributed by atoms with Gasteiger partial charge in [-0.1, -0.05) is 0 Å². The summed E-state index contributed by atoms with van der Waals surface area (Å²) in [5.74, 6) is 0.504. The second-order valence-corrected chi connectivity index (χ2v) is 4.30. The molecule has 1 aromatic rings. The fourth-order valence-electron chi connectivity index (χ4n) is 1.83. The molecule has 9 heteroatoms. The highest BCUT2D eigenvalue weighted by molar-refractivity contribution is 5.42. The highest BCUT2D eigenvalue weighted by Gasteiger charge is 2.26. The molecule has 1 aromatic heterocycles. The Kier molecular flexibility index (Phi) is 3.91. The molecule has 1 fully saturated rings. The topological polar surface area (TPSA) is 80.0 Å². The Balaban J connectivity index is 2.00. The second-order valence-electron chi connectivity index (χ2n) is 4.30. The summed E-state index contributed by atoms with van der Waals surface area (Å²) in [6, 6.07) is 0. The Morgan fingerprint density at radius 2 is 1.84 bits per heavy atom. The normalized spacial score (nSPS) is 15.8. The lowest BCUT2D eigenvalue weighted by Gasteiger charge is -2.16. The number of rotatable bonds is 4. The summed E-state index contributed by atoms with van der Waals surface area (Å²) in [5.41, 5.74) is 5.53. The van der Waals surface area contributed by atoms with E-state index >= 15 is 0 Å². The van der Waals surface area contributed by atoms with Crippen LogP contribution in [0.2, 0.25) is 0 Å². The standard InChI is InChI=1S/C10H15F3N6/c11-10(12,13)3-4-15-8-16-7(14)17-9(18-8)19-5-1-2-6-19/h1-6H2,(H3,14,15,16,17,18). The van der Waals surface area contributed by atoms with Crippen LogP contribution in [0.1, 0.15) is 19.3 Å². The maximum atomic E-state index is 12.0. The first-order chi connectivity index (χ1) is 8.94. The third-order valence-corrected chi connectivity index (χ3v) is 2.72. The predicted molar refractivity (Wildman–Crippen MR) is 64.8 cm³/mol. The fraction of sp³-hybridized carbons (Fsp3) is 0.700. The summed E-state index contributed by atoms with van der Waals surface area (Å²) in [4.78, 5) is 13.8. The van der Waals surface area contributed by atoms with Gasteiger partial charge in [-0.05, 0) is 12.8 Å². The molecule has 3 N–H and O–H groups in total.